The predicted molar refractivity (Wildman–Crippen MR) is 38.2 cm³/mol. The first-order valence-electron chi connectivity index (χ1n) is 3.44. The van der Waals surface area contributed by atoms with Gasteiger partial charge in [-0.3, -0.25) is 0 Å². The summed E-state index contributed by atoms with van der Waals surface area (Å²) in [6, 6.07) is 0. The number of carboxylic acid groups (broad SMARTS) is 1. The van der Waals surface area contributed by atoms with Crippen molar-refractivity contribution in [2.45, 2.75) is 27.2 Å². The van der Waals surface area contributed by atoms with Gasteiger partial charge in [0.05, 0.1) is 5.97 Å². The van der Waals surface area contributed by atoms with Gasteiger partial charge in [-0.15, -0.1) is 0 Å². The summed E-state index contributed by atoms with van der Waals surface area (Å²) in [6.45, 7) is 5.67. The maximum atomic E-state index is 10.3. The van der Waals surface area contributed by atoms with E-state index in [0.717, 1.165) is 0 Å². The molecule has 58 valence electrons. The summed E-state index contributed by atoms with van der Waals surface area (Å²) in [7, 11) is 0. The Morgan fingerprint density at radius 1 is 1.60 bits per heavy atom. The van der Waals surface area contributed by atoms with E-state index in [9.17, 15) is 9.90 Å². The normalized spacial score (nSPS) is 12.2. The highest BCUT2D eigenvalue weighted by Gasteiger charge is 1.99. The lowest BCUT2D eigenvalue weighted by Gasteiger charge is -2.09. The van der Waals surface area contributed by atoms with E-state index in [4.69, 9.17) is 0 Å². The van der Waals surface area contributed by atoms with Crippen LogP contribution in [-0.4, -0.2) is 5.97 Å². The summed E-state index contributed by atoms with van der Waals surface area (Å²) in [5.41, 5.74) is 0.398. The molecule has 0 aromatic rings. The molecule has 2 heteroatoms. The van der Waals surface area contributed by atoms with Crippen molar-refractivity contribution in [3.8, 4) is 0 Å². The summed E-state index contributed by atoms with van der Waals surface area (Å²) in [5, 5.41) is 10.3. The van der Waals surface area contributed by atoms with Crippen LogP contribution < -0.4 is 5.11 Å². The number of carbonyl (C=O) groups is 1. The molecule has 0 spiro atoms. The molecular weight excluding hydrogens is 128 g/mol. The molecule has 0 bridgehead atoms. The minimum Gasteiger partial charge on any atom is -0.545 e. The van der Waals surface area contributed by atoms with Crippen LogP contribution in [0.25, 0.3) is 0 Å². The van der Waals surface area contributed by atoms with Gasteiger partial charge in [-0.1, -0.05) is 19.9 Å². The van der Waals surface area contributed by atoms with Crippen molar-refractivity contribution in [1.29, 1.82) is 0 Å². The molecule has 0 N–H and O–H groups in total. The Labute approximate surface area is 61.6 Å². The molecule has 0 aliphatic carbocycles. The molecule has 0 aliphatic rings. The topological polar surface area (TPSA) is 40.1 Å². The Balaban J connectivity index is 3.99. The van der Waals surface area contributed by atoms with Crippen LogP contribution in [-0.2, 0) is 4.79 Å². The zero-order valence-corrected chi connectivity index (χ0v) is 6.68. The minimum absolute atomic E-state index is 0.379. The van der Waals surface area contributed by atoms with Crippen LogP contribution in [0, 0.1) is 5.92 Å². The average Bonchev–Trinajstić information content (AvgIpc) is 1.81. The quantitative estimate of drug-likeness (QED) is 0.543. The summed E-state index contributed by atoms with van der Waals surface area (Å²) >= 11 is 0. The Morgan fingerprint density at radius 2 is 2.10 bits per heavy atom. The average molecular weight is 141 g/mol. The molecule has 0 radical (unpaired) electrons. The molecule has 0 unspecified atom stereocenters. The molecule has 0 atom stereocenters. The third-order valence-electron chi connectivity index (χ3n) is 1.24. The molecule has 0 aromatic heterocycles. The smallest absolute Gasteiger partial charge is 0.0671 e. The Morgan fingerprint density at radius 3 is 2.20 bits per heavy atom. The van der Waals surface area contributed by atoms with Crippen molar-refractivity contribution in [1.82, 2.24) is 0 Å². The van der Waals surface area contributed by atoms with Crippen molar-refractivity contribution < 1.29 is 9.90 Å². The second-order valence-corrected chi connectivity index (χ2v) is 2.70. The molecule has 0 saturated heterocycles. The van der Waals surface area contributed by atoms with E-state index in [2.05, 4.69) is 0 Å². The highest BCUT2D eigenvalue weighted by Crippen LogP contribution is 2.08. The number of allylic oxidation sites excluding steroid dienone is 1. The van der Waals surface area contributed by atoms with Crippen molar-refractivity contribution in [3.05, 3.63) is 11.6 Å². The van der Waals surface area contributed by atoms with Crippen LogP contribution in [0.5, 0.6) is 0 Å². The van der Waals surface area contributed by atoms with E-state index in [1.807, 2.05) is 13.8 Å². The largest absolute Gasteiger partial charge is 0.545 e. The van der Waals surface area contributed by atoms with Gasteiger partial charge in [0.25, 0.3) is 0 Å². The fourth-order valence-electron chi connectivity index (χ4n) is 0.759. The standard InChI is InChI=1S/C8H14O2/c1-4-7(8(9)10)5-6(2)3/h4,6H,5H2,1-3H3,(H,9,10)/p-1. The van der Waals surface area contributed by atoms with Gasteiger partial charge < -0.3 is 9.90 Å². The fourth-order valence-corrected chi connectivity index (χ4v) is 0.759. The minimum atomic E-state index is -1.05. The van der Waals surface area contributed by atoms with Crippen LogP contribution in [0.2, 0.25) is 0 Å². The second kappa shape index (κ2) is 4.09. The van der Waals surface area contributed by atoms with Crippen molar-refractivity contribution in [2.75, 3.05) is 0 Å². The molecular formula is C8H13O2-. The lowest BCUT2D eigenvalue weighted by atomic mass is 10.0. The Kier molecular flexibility index (Phi) is 3.77. The number of carboxylic acids is 1. The highest BCUT2D eigenvalue weighted by molar-refractivity contribution is 5.84. The van der Waals surface area contributed by atoms with Crippen LogP contribution in [0.4, 0.5) is 0 Å². The molecule has 0 fully saturated rings. The summed E-state index contributed by atoms with van der Waals surface area (Å²) in [6.07, 6.45) is 2.19. The van der Waals surface area contributed by atoms with Crippen molar-refractivity contribution in [3.63, 3.8) is 0 Å². The third kappa shape index (κ3) is 3.28. The molecule has 0 heterocycles. The molecule has 0 aliphatic heterocycles. The fraction of sp³-hybridized carbons (Fsp3) is 0.625. The van der Waals surface area contributed by atoms with Crippen molar-refractivity contribution >= 4 is 5.97 Å². The molecule has 10 heavy (non-hydrogen) atoms. The van der Waals surface area contributed by atoms with E-state index in [1.165, 1.54) is 0 Å². The molecule has 2 nitrogen and oxygen atoms in total. The van der Waals surface area contributed by atoms with Gasteiger partial charge >= 0.3 is 0 Å². The maximum Gasteiger partial charge on any atom is 0.0671 e. The third-order valence-corrected chi connectivity index (χ3v) is 1.24. The lowest BCUT2D eigenvalue weighted by molar-refractivity contribution is -0.299. The van der Waals surface area contributed by atoms with Gasteiger partial charge in [0.1, 0.15) is 0 Å². The predicted octanol–water partition coefficient (Wildman–Crippen LogP) is 0.729. The first-order valence-corrected chi connectivity index (χ1v) is 3.44. The summed E-state index contributed by atoms with van der Waals surface area (Å²) < 4.78 is 0. The molecule has 0 rings (SSSR count). The zero-order valence-electron chi connectivity index (χ0n) is 6.68. The van der Waals surface area contributed by atoms with Crippen LogP contribution >= 0.6 is 0 Å². The van der Waals surface area contributed by atoms with Crippen molar-refractivity contribution in [2.24, 2.45) is 5.92 Å². The molecule has 0 aromatic carbocycles. The van der Waals surface area contributed by atoms with Gasteiger partial charge in [-0.05, 0) is 24.8 Å². The number of hydrogen-bond acceptors (Lipinski definition) is 2. The highest BCUT2D eigenvalue weighted by atomic mass is 16.4. The number of carbonyl (C=O) groups excluding carboxylic acids is 1. The van der Waals surface area contributed by atoms with E-state index >= 15 is 0 Å². The first-order chi connectivity index (χ1) is 4.57. The van der Waals surface area contributed by atoms with Gasteiger partial charge in [0.15, 0.2) is 0 Å². The van der Waals surface area contributed by atoms with Gasteiger partial charge in [-0.25, -0.2) is 0 Å². The lowest BCUT2D eigenvalue weighted by Crippen LogP contribution is -2.25. The summed E-state index contributed by atoms with van der Waals surface area (Å²) in [5.74, 6) is -0.666. The van der Waals surface area contributed by atoms with Gasteiger partial charge in [-0.2, -0.15) is 0 Å². The van der Waals surface area contributed by atoms with E-state index in [1.54, 1.807) is 13.0 Å². The van der Waals surface area contributed by atoms with E-state index in [0.29, 0.717) is 17.9 Å². The molecule has 0 saturated carbocycles. The maximum absolute atomic E-state index is 10.3. The van der Waals surface area contributed by atoms with Gasteiger partial charge in [0.2, 0.25) is 0 Å². The monoisotopic (exact) mass is 141 g/mol. The second-order valence-electron chi connectivity index (χ2n) is 2.70. The first kappa shape index (κ1) is 9.21. The van der Waals surface area contributed by atoms with Crippen LogP contribution in [0.15, 0.2) is 11.6 Å². The number of rotatable bonds is 3. The van der Waals surface area contributed by atoms with E-state index < -0.39 is 5.97 Å². The molecule has 0 amide bonds. The number of aliphatic carboxylic acids is 1. The summed E-state index contributed by atoms with van der Waals surface area (Å²) in [4.78, 5) is 10.3. The Bertz CT molecular complexity index is 145. The van der Waals surface area contributed by atoms with Crippen LogP contribution in [0.1, 0.15) is 27.2 Å². The van der Waals surface area contributed by atoms with Gasteiger partial charge in [0, 0.05) is 0 Å². The zero-order chi connectivity index (χ0) is 8.15. The number of hydrogen-bond donors (Lipinski definition) is 0. The van der Waals surface area contributed by atoms with Crippen LogP contribution in [0.3, 0.4) is 0 Å². The van der Waals surface area contributed by atoms with E-state index in [-0.39, 0.29) is 0 Å². The Hall–Kier alpha value is -0.790. The SMILES string of the molecule is CC=C(CC(C)C)C(=O)[O-].